The predicted molar refractivity (Wildman–Crippen MR) is 77.9 cm³/mol. The minimum Gasteiger partial charge on any atom is -0.495 e. The van der Waals surface area contributed by atoms with Crippen molar-refractivity contribution in [2.75, 3.05) is 13.7 Å². The van der Waals surface area contributed by atoms with E-state index in [1.54, 1.807) is 31.2 Å². The summed E-state index contributed by atoms with van der Waals surface area (Å²) in [5, 5.41) is 3.82. The molecule has 0 aliphatic rings. The lowest BCUT2D eigenvalue weighted by Crippen LogP contribution is -2.26. The van der Waals surface area contributed by atoms with Gasteiger partial charge in [-0.2, -0.15) is 0 Å². The van der Waals surface area contributed by atoms with Crippen LogP contribution in [-0.2, 0) is 16.4 Å². The number of rotatable bonds is 6. The minimum atomic E-state index is -3.62. The average molecular weight is 310 g/mol. The van der Waals surface area contributed by atoms with E-state index in [4.69, 9.17) is 9.26 Å². The zero-order valence-electron chi connectivity index (χ0n) is 12.2. The van der Waals surface area contributed by atoms with Crippen LogP contribution >= 0.6 is 0 Å². The van der Waals surface area contributed by atoms with Crippen molar-refractivity contribution in [1.29, 1.82) is 0 Å². The van der Waals surface area contributed by atoms with E-state index in [-0.39, 0.29) is 11.4 Å². The van der Waals surface area contributed by atoms with Crippen LogP contribution in [0.25, 0.3) is 0 Å². The average Bonchev–Trinajstić information content (AvgIpc) is 2.84. The van der Waals surface area contributed by atoms with E-state index in [1.807, 2.05) is 6.92 Å². The Hall–Kier alpha value is -1.86. The van der Waals surface area contributed by atoms with Crippen LogP contribution in [-0.4, -0.2) is 27.2 Å². The van der Waals surface area contributed by atoms with Gasteiger partial charge in [0.25, 0.3) is 0 Å². The van der Waals surface area contributed by atoms with Gasteiger partial charge in [-0.15, -0.1) is 0 Å². The van der Waals surface area contributed by atoms with Gasteiger partial charge >= 0.3 is 0 Å². The Morgan fingerprint density at radius 2 is 2.05 bits per heavy atom. The first-order chi connectivity index (χ1) is 9.92. The van der Waals surface area contributed by atoms with E-state index in [0.29, 0.717) is 23.6 Å². The Morgan fingerprint density at radius 1 is 1.29 bits per heavy atom. The Kier molecular flexibility index (Phi) is 4.64. The Labute approximate surface area is 124 Å². The summed E-state index contributed by atoms with van der Waals surface area (Å²) in [6.45, 7) is 3.86. The maximum Gasteiger partial charge on any atom is 0.244 e. The summed E-state index contributed by atoms with van der Waals surface area (Å²) in [7, 11) is -2.18. The van der Waals surface area contributed by atoms with Crippen LogP contribution in [0.3, 0.4) is 0 Å². The fraction of sp³-hybridized carbons (Fsp3) is 0.357. The molecule has 2 rings (SSSR count). The number of aryl methyl sites for hydroxylation is 2. The monoisotopic (exact) mass is 310 g/mol. The van der Waals surface area contributed by atoms with E-state index >= 15 is 0 Å². The van der Waals surface area contributed by atoms with Gasteiger partial charge in [0, 0.05) is 19.0 Å². The van der Waals surface area contributed by atoms with Gasteiger partial charge in [0.1, 0.15) is 16.4 Å². The first-order valence-electron chi connectivity index (χ1n) is 6.49. The zero-order chi connectivity index (χ0) is 15.5. The molecule has 1 heterocycles. The summed E-state index contributed by atoms with van der Waals surface area (Å²) in [6, 6.07) is 6.81. The fourth-order valence-electron chi connectivity index (χ4n) is 1.92. The lowest BCUT2D eigenvalue weighted by molar-refractivity contribution is 0.390. The summed E-state index contributed by atoms with van der Waals surface area (Å²) < 4.78 is 37.2. The third kappa shape index (κ3) is 3.83. The standard InChI is InChI=1S/C14H18N2O4S/c1-10-4-5-13(19-3)14(8-10)21(17,18)15-7-6-12-9-11(2)20-16-12/h4-5,8-9,15H,6-7H2,1-3H3. The number of methoxy groups -OCH3 is 1. The van der Waals surface area contributed by atoms with Crippen LogP contribution in [0, 0.1) is 13.8 Å². The van der Waals surface area contributed by atoms with E-state index < -0.39 is 10.0 Å². The molecule has 2 aromatic rings. The smallest absolute Gasteiger partial charge is 0.244 e. The van der Waals surface area contributed by atoms with E-state index in [9.17, 15) is 8.42 Å². The molecule has 0 saturated carbocycles. The molecule has 1 N–H and O–H groups in total. The SMILES string of the molecule is COc1ccc(C)cc1S(=O)(=O)NCCc1cc(C)on1. The van der Waals surface area contributed by atoms with Crippen LogP contribution in [0.5, 0.6) is 5.75 Å². The summed E-state index contributed by atoms with van der Waals surface area (Å²) in [6.07, 6.45) is 0.463. The van der Waals surface area contributed by atoms with Crippen LogP contribution in [0.15, 0.2) is 33.7 Å². The number of sulfonamides is 1. The van der Waals surface area contributed by atoms with Crippen LogP contribution in [0.2, 0.25) is 0 Å². The van der Waals surface area contributed by atoms with Gasteiger partial charge in [-0.25, -0.2) is 13.1 Å². The van der Waals surface area contributed by atoms with Crippen molar-refractivity contribution in [1.82, 2.24) is 9.88 Å². The fourth-order valence-corrected chi connectivity index (χ4v) is 3.20. The number of hydrogen-bond acceptors (Lipinski definition) is 5. The van der Waals surface area contributed by atoms with E-state index in [1.165, 1.54) is 7.11 Å². The van der Waals surface area contributed by atoms with Gasteiger partial charge in [-0.05, 0) is 31.5 Å². The van der Waals surface area contributed by atoms with Crippen molar-refractivity contribution in [2.24, 2.45) is 0 Å². The lowest BCUT2D eigenvalue weighted by Gasteiger charge is -2.11. The van der Waals surface area contributed by atoms with Gasteiger partial charge in [-0.1, -0.05) is 11.2 Å². The maximum absolute atomic E-state index is 12.3. The molecule has 0 spiro atoms. The Morgan fingerprint density at radius 3 is 2.67 bits per heavy atom. The molecule has 0 aliphatic carbocycles. The molecular weight excluding hydrogens is 292 g/mol. The van der Waals surface area contributed by atoms with E-state index in [0.717, 1.165) is 5.56 Å². The van der Waals surface area contributed by atoms with Crippen molar-refractivity contribution < 1.29 is 17.7 Å². The second-order valence-electron chi connectivity index (χ2n) is 4.73. The molecule has 7 heteroatoms. The van der Waals surface area contributed by atoms with Crippen molar-refractivity contribution in [2.45, 2.75) is 25.2 Å². The second-order valence-corrected chi connectivity index (χ2v) is 6.47. The second kappa shape index (κ2) is 6.28. The first-order valence-corrected chi connectivity index (χ1v) is 7.97. The van der Waals surface area contributed by atoms with Crippen molar-refractivity contribution in [3.05, 3.63) is 41.3 Å². The van der Waals surface area contributed by atoms with Gasteiger partial charge in [-0.3, -0.25) is 0 Å². The number of hydrogen-bond donors (Lipinski definition) is 1. The normalized spacial score (nSPS) is 11.6. The molecular formula is C14H18N2O4S. The quantitative estimate of drug-likeness (QED) is 0.880. The number of nitrogens with one attached hydrogen (secondary N) is 1. The summed E-state index contributed by atoms with van der Waals surface area (Å²) in [5.41, 5.74) is 1.56. The topological polar surface area (TPSA) is 81.4 Å². The Balaban J connectivity index is 2.09. The van der Waals surface area contributed by atoms with Crippen molar-refractivity contribution in [3.8, 4) is 5.75 Å². The highest BCUT2D eigenvalue weighted by Crippen LogP contribution is 2.24. The summed E-state index contributed by atoms with van der Waals surface area (Å²) in [4.78, 5) is 0.140. The molecule has 0 amide bonds. The number of benzene rings is 1. The molecule has 1 aromatic heterocycles. The highest BCUT2D eigenvalue weighted by Gasteiger charge is 2.19. The lowest BCUT2D eigenvalue weighted by atomic mass is 10.2. The summed E-state index contributed by atoms with van der Waals surface area (Å²) in [5.74, 6) is 1.03. The maximum atomic E-state index is 12.3. The van der Waals surface area contributed by atoms with Crippen LogP contribution in [0.4, 0.5) is 0 Å². The molecule has 21 heavy (non-hydrogen) atoms. The Bertz CT molecular complexity index is 722. The van der Waals surface area contributed by atoms with E-state index in [2.05, 4.69) is 9.88 Å². The van der Waals surface area contributed by atoms with Crippen LogP contribution in [0.1, 0.15) is 17.0 Å². The van der Waals surface area contributed by atoms with Crippen molar-refractivity contribution in [3.63, 3.8) is 0 Å². The third-order valence-electron chi connectivity index (χ3n) is 2.96. The highest BCUT2D eigenvalue weighted by atomic mass is 32.2. The summed E-state index contributed by atoms with van der Waals surface area (Å²) >= 11 is 0. The minimum absolute atomic E-state index is 0.140. The van der Waals surface area contributed by atoms with Gasteiger partial charge in [0.2, 0.25) is 10.0 Å². The molecule has 0 saturated heterocycles. The molecule has 0 atom stereocenters. The molecule has 0 bridgehead atoms. The zero-order valence-corrected chi connectivity index (χ0v) is 13.0. The predicted octanol–water partition coefficient (Wildman–Crippen LogP) is 1.82. The number of aromatic nitrogens is 1. The molecule has 0 unspecified atom stereocenters. The molecule has 114 valence electrons. The van der Waals surface area contributed by atoms with Gasteiger partial charge in [0.05, 0.1) is 12.8 Å². The van der Waals surface area contributed by atoms with Crippen molar-refractivity contribution >= 4 is 10.0 Å². The largest absolute Gasteiger partial charge is 0.495 e. The number of ether oxygens (including phenoxy) is 1. The molecule has 0 fully saturated rings. The third-order valence-corrected chi connectivity index (χ3v) is 4.44. The first kappa shape index (κ1) is 15.5. The number of nitrogens with zero attached hydrogens (tertiary/aromatic N) is 1. The molecule has 6 nitrogen and oxygen atoms in total. The molecule has 0 aliphatic heterocycles. The van der Waals surface area contributed by atoms with Gasteiger partial charge in [0.15, 0.2) is 0 Å². The van der Waals surface area contributed by atoms with Crippen LogP contribution < -0.4 is 9.46 Å². The van der Waals surface area contributed by atoms with Gasteiger partial charge < -0.3 is 9.26 Å². The highest BCUT2D eigenvalue weighted by molar-refractivity contribution is 7.89. The molecule has 0 radical (unpaired) electrons. The molecule has 1 aromatic carbocycles.